The van der Waals surface area contributed by atoms with Crippen molar-refractivity contribution in [3.8, 4) is 6.07 Å². The SMILES string of the molecule is Cc1cc(C2CCC(F)(CCC3CCC(C)(F)CC3)CC2)ccc1C#N. The molecule has 2 aliphatic rings. The van der Waals surface area contributed by atoms with Gasteiger partial charge in [-0.2, -0.15) is 5.26 Å². The molecule has 3 rings (SSSR count). The molecular formula is C23H31F2N. The molecule has 1 aromatic rings. The molecule has 0 aliphatic heterocycles. The second-order valence-corrected chi connectivity index (χ2v) is 9.01. The second-order valence-electron chi connectivity index (χ2n) is 9.01. The molecule has 0 atom stereocenters. The summed E-state index contributed by atoms with van der Waals surface area (Å²) < 4.78 is 29.2. The molecule has 2 fully saturated rings. The van der Waals surface area contributed by atoms with Crippen molar-refractivity contribution in [2.45, 2.75) is 95.3 Å². The van der Waals surface area contributed by atoms with E-state index in [4.69, 9.17) is 5.26 Å². The Morgan fingerprint density at radius 1 is 1.08 bits per heavy atom. The molecule has 3 heteroatoms. The third-order valence-corrected chi connectivity index (χ3v) is 6.87. The summed E-state index contributed by atoms with van der Waals surface area (Å²) in [6.45, 7) is 3.67. The van der Waals surface area contributed by atoms with Gasteiger partial charge in [0.1, 0.15) is 11.3 Å². The van der Waals surface area contributed by atoms with Crippen LogP contribution in [0.15, 0.2) is 18.2 Å². The molecule has 0 spiro atoms. The zero-order valence-electron chi connectivity index (χ0n) is 16.2. The summed E-state index contributed by atoms with van der Waals surface area (Å²) in [5, 5.41) is 9.06. The Hall–Kier alpha value is -1.43. The number of hydrogen-bond acceptors (Lipinski definition) is 1. The second kappa shape index (κ2) is 7.67. The summed E-state index contributed by atoms with van der Waals surface area (Å²) in [7, 11) is 0. The van der Waals surface area contributed by atoms with Crippen molar-refractivity contribution in [3.05, 3.63) is 34.9 Å². The summed E-state index contributed by atoms with van der Waals surface area (Å²) in [6.07, 6.45) is 7.67. The lowest BCUT2D eigenvalue weighted by atomic mass is 9.72. The van der Waals surface area contributed by atoms with Gasteiger partial charge in [0.15, 0.2) is 0 Å². The maximum atomic E-state index is 15.2. The van der Waals surface area contributed by atoms with E-state index in [-0.39, 0.29) is 0 Å². The zero-order chi connectivity index (χ0) is 18.8. The average Bonchev–Trinajstić information content (AvgIpc) is 2.61. The Bertz CT molecular complexity index is 655. The number of halogens is 2. The molecule has 0 heterocycles. The molecule has 0 radical (unpaired) electrons. The molecule has 142 valence electrons. The molecule has 2 aliphatic carbocycles. The predicted octanol–water partition coefficient (Wildman–Crippen LogP) is 6.93. The zero-order valence-corrected chi connectivity index (χ0v) is 16.2. The van der Waals surface area contributed by atoms with Crippen molar-refractivity contribution in [2.24, 2.45) is 5.92 Å². The van der Waals surface area contributed by atoms with Gasteiger partial charge in [-0.15, -0.1) is 0 Å². The van der Waals surface area contributed by atoms with E-state index in [1.807, 2.05) is 19.1 Å². The third-order valence-electron chi connectivity index (χ3n) is 6.87. The van der Waals surface area contributed by atoms with Crippen LogP contribution in [0, 0.1) is 24.2 Å². The fourth-order valence-electron chi connectivity index (χ4n) is 4.82. The Labute approximate surface area is 156 Å². The largest absolute Gasteiger partial charge is 0.244 e. The van der Waals surface area contributed by atoms with Crippen LogP contribution in [0.25, 0.3) is 0 Å². The summed E-state index contributed by atoms with van der Waals surface area (Å²) in [4.78, 5) is 0. The van der Waals surface area contributed by atoms with Crippen LogP contribution in [0.1, 0.15) is 93.7 Å². The van der Waals surface area contributed by atoms with Crippen LogP contribution in [-0.2, 0) is 0 Å². The van der Waals surface area contributed by atoms with Gasteiger partial charge >= 0.3 is 0 Å². The number of alkyl halides is 2. The van der Waals surface area contributed by atoms with E-state index in [1.165, 1.54) is 5.56 Å². The first kappa shape index (κ1) is 19.3. The van der Waals surface area contributed by atoms with Crippen molar-refractivity contribution >= 4 is 0 Å². The van der Waals surface area contributed by atoms with Crippen LogP contribution in [0.3, 0.4) is 0 Å². The van der Waals surface area contributed by atoms with Crippen molar-refractivity contribution in [2.75, 3.05) is 0 Å². The first-order chi connectivity index (χ1) is 12.3. The van der Waals surface area contributed by atoms with Crippen LogP contribution in [0.5, 0.6) is 0 Å². The van der Waals surface area contributed by atoms with Gasteiger partial charge < -0.3 is 0 Å². The van der Waals surface area contributed by atoms with Gasteiger partial charge in [-0.05, 0) is 107 Å². The topological polar surface area (TPSA) is 23.8 Å². The number of rotatable bonds is 4. The molecule has 0 N–H and O–H groups in total. The van der Waals surface area contributed by atoms with E-state index in [0.29, 0.717) is 43.9 Å². The minimum atomic E-state index is -1.03. The van der Waals surface area contributed by atoms with Crippen molar-refractivity contribution < 1.29 is 8.78 Å². The normalized spacial score (nSPS) is 35.0. The molecule has 0 bridgehead atoms. The molecular weight excluding hydrogens is 328 g/mol. The van der Waals surface area contributed by atoms with E-state index < -0.39 is 11.3 Å². The highest BCUT2D eigenvalue weighted by molar-refractivity contribution is 5.40. The van der Waals surface area contributed by atoms with Gasteiger partial charge in [0.2, 0.25) is 0 Å². The molecule has 0 amide bonds. The van der Waals surface area contributed by atoms with E-state index in [0.717, 1.165) is 43.2 Å². The summed E-state index contributed by atoms with van der Waals surface area (Å²) in [6, 6.07) is 8.24. The fourth-order valence-corrected chi connectivity index (χ4v) is 4.82. The van der Waals surface area contributed by atoms with Gasteiger partial charge in [0, 0.05) is 0 Å². The van der Waals surface area contributed by atoms with Gasteiger partial charge in [-0.3, -0.25) is 0 Å². The Kier molecular flexibility index (Phi) is 5.70. The third kappa shape index (κ3) is 4.64. The quantitative estimate of drug-likeness (QED) is 0.571. The van der Waals surface area contributed by atoms with Gasteiger partial charge in [-0.25, -0.2) is 8.78 Å². The minimum Gasteiger partial charge on any atom is -0.244 e. The standard InChI is InChI=1S/C23H31F2N/c1-17-15-20(3-4-21(17)16-26)19-8-13-23(25,14-9-19)12-7-18-5-10-22(2,24)11-6-18/h3-4,15,18-19H,5-14H2,1-2H3. The van der Waals surface area contributed by atoms with Gasteiger partial charge in [0.05, 0.1) is 11.6 Å². The first-order valence-corrected chi connectivity index (χ1v) is 10.2. The van der Waals surface area contributed by atoms with Crippen LogP contribution in [0.4, 0.5) is 8.78 Å². The maximum absolute atomic E-state index is 15.2. The van der Waals surface area contributed by atoms with Gasteiger partial charge in [0.25, 0.3) is 0 Å². The van der Waals surface area contributed by atoms with Gasteiger partial charge in [-0.1, -0.05) is 12.1 Å². The monoisotopic (exact) mass is 359 g/mol. The minimum absolute atomic E-state index is 0.409. The lowest BCUT2D eigenvalue weighted by Crippen LogP contribution is -2.31. The Morgan fingerprint density at radius 3 is 2.31 bits per heavy atom. The molecule has 0 aromatic heterocycles. The highest BCUT2D eigenvalue weighted by atomic mass is 19.1. The Morgan fingerprint density at radius 2 is 1.73 bits per heavy atom. The Balaban J connectivity index is 1.49. The summed E-state index contributed by atoms with van der Waals surface area (Å²) >= 11 is 0. The highest BCUT2D eigenvalue weighted by Gasteiger charge is 2.37. The lowest BCUT2D eigenvalue weighted by Gasteiger charge is -2.36. The smallest absolute Gasteiger partial charge is 0.111 e. The first-order valence-electron chi connectivity index (χ1n) is 10.2. The molecule has 1 aromatic carbocycles. The molecule has 1 nitrogen and oxygen atoms in total. The number of nitrogens with zero attached hydrogens (tertiary/aromatic N) is 1. The van der Waals surface area contributed by atoms with Crippen molar-refractivity contribution in [1.82, 2.24) is 0 Å². The number of aryl methyl sites for hydroxylation is 1. The fraction of sp³-hybridized carbons (Fsp3) is 0.696. The number of hydrogen-bond donors (Lipinski definition) is 0. The number of nitriles is 1. The van der Waals surface area contributed by atoms with Crippen molar-refractivity contribution in [3.63, 3.8) is 0 Å². The summed E-state index contributed by atoms with van der Waals surface area (Å²) in [5.41, 5.74) is 0.953. The maximum Gasteiger partial charge on any atom is 0.111 e. The van der Waals surface area contributed by atoms with E-state index in [9.17, 15) is 4.39 Å². The summed E-state index contributed by atoms with van der Waals surface area (Å²) in [5.74, 6) is 0.914. The van der Waals surface area contributed by atoms with Crippen LogP contribution in [0.2, 0.25) is 0 Å². The molecule has 0 saturated heterocycles. The molecule has 0 unspecified atom stereocenters. The van der Waals surface area contributed by atoms with Crippen LogP contribution >= 0.6 is 0 Å². The van der Waals surface area contributed by atoms with Crippen LogP contribution < -0.4 is 0 Å². The highest BCUT2D eigenvalue weighted by Crippen LogP contribution is 2.45. The van der Waals surface area contributed by atoms with E-state index in [2.05, 4.69) is 12.1 Å². The van der Waals surface area contributed by atoms with E-state index in [1.54, 1.807) is 6.92 Å². The van der Waals surface area contributed by atoms with Crippen LogP contribution in [-0.4, -0.2) is 11.3 Å². The lowest BCUT2D eigenvalue weighted by molar-refractivity contribution is 0.0627. The van der Waals surface area contributed by atoms with Crippen molar-refractivity contribution in [1.29, 1.82) is 5.26 Å². The van der Waals surface area contributed by atoms with E-state index >= 15 is 4.39 Å². The number of benzene rings is 1. The predicted molar refractivity (Wildman–Crippen MR) is 102 cm³/mol. The molecule has 2 saturated carbocycles. The average molecular weight is 360 g/mol. The molecule has 26 heavy (non-hydrogen) atoms.